The predicted molar refractivity (Wildman–Crippen MR) is 74.5 cm³/mol. The van der Waals surface area contributed by atoms with Gasteiger partial charge in [0.05, 0.1) is 5.92 Å². The summed E-state index contributed by atoms with van der Waals surface area (Å²) in [5.74, 6) is 0.906. The molecule has 2 nitrogen and oxygen atoms in total. The molecule has 5 unspecified atom stereocenters. The van der Waals surface area contributed by atoms with E-state index in [2.05, 4.69) is 13.8 Å². The van der Waals surface area contributed by atoms with Crippen LogP contribution in [0, 0.1) is 36.4 Å². The minimum Gasteiger partial charge on any atom is -0.457 e. The Labute approximate surface area is 119 Å². The van der Waals surface area contributed by atoms with E-state index in [0.29, 0.717) is 23.3 Å². The largest absolute Gasteiger partial charge is 0.457 e. The molecule has 1 saturated heterocycles. The van der Waals surface area contributed by atoms with Crippen molar-refractivity contribution in [3.8, 4) is 0 Å². The van der Waals surface area contributed by atoms with E-state index in [1.807, 2.05) is 6.07 Å². The maximum absolute atomic E-state index is 13.4. The highest BCUT2D eigenvalue weighted by molar-refractivity contribution is 5.75. The van der Waals surface area contributed by atoms with Crippen LogP contribution in [-0.2, 0) is 9.53 Å². The summed E-state index contributed by atoms with van der Waals surface area (Å²) < 4.78 is 19.1. The third-order valence-electron chi connectivity index (χ3n) is 5.21. The van der Waals surface area contributed by atoms with Crippen molar-refractivity contribution in [1.82, 2.24) is 0 Å². The first-order valence-electron chi connectivity index (χ1n) is 7.45. The summed E-state index contributed by atoms with van der Waals surface area (Å²) >= 11 is 0. The normalized spacial score (nSPS) is 36.6. The van der Waals surface area contributed by atoms with Gasteiger partial charge in [-0.2, -0.15) is 0 Å². The molecule has 1 aromatic rings. The number of ether oxygens (including phenoxy) is 1. The van der Waals surface area contributed by atoms with Gasteiger partial charge in [-0.1, -0.05) is 19.9 Å². The van der Waals surface area contributed by atoms with Gasteiger partial charge in [-0.15, -0.1) is 0 Å². The number of carbonyl (C=O) groups excluding carboxylic acids is 1. The highest BCUT2D eigenvalue weighted by Crippen LogP contribution is 2.50. The highest BCUT2D eigenvalue weighted by Gasteiger charge is 2.49. The fraction of sp³-hybridized carbons (Fsp3) is 0.588. The summed E-state index contributed by atoms with van der Waals surface area (Å²) in [6.45, 7) is 6.04. The van der Waals surface area contributed by atoms with E-state index >= 15 is 0 Å². The van der Waals surface area contributed by atoms with Crippen molar-refractivity contribution in [3.05, 3.63) is 35.1 Å². The van der Waals surface area contributed by atoms with Gasteiger partial charge in [0.1, 0.15) is 11.9 Å². The summed E-state index contributed by atoms with van der Waals surface area (Å²) in [6, 6.07) is 5.02. The fourth-order valence-corrected chi connectivity index (χ4v) is 3.99. The second-order valence-electron chi connectivity index (χ2n) is 6.47. The molecule has 1 aliphatic carbocycles. The van der Waals surface area contributed by atoms with Crippen molar-refractivity contribution in [2.75, 3.05) is 0 Å². The van der Waals surface area contributed by atoms with E-state index in [4.69, 9.17) is 4.74 Å². The number of benzene rings is 1. The number of hydrogen-bond donors (Lipinski definition) is 0. The average molecular weight is 276 g/mol. The van der Waals surface area contributed by atoms with Gasteiger partial charge in [-0.3, -0.25) is 4.79 Å². The molecule has 1 heterocycles. The van der Waals surface area contributed by atoms with Gasteiger partial charge in [0.2, 0.25) is 0 Å². The summed E-state index contributed by atoms with van der Waals surface area (Å²) in [5, 5.41) is 0. The molecule has 0 N–H and O–H groups in total. The maximum Gasteiger partial charge on any atom is 0.310 e. The molecular formula is C17H21FO2. The van der Waals surface area contributed by atoms with E-state index < -0.39 is 0 Å². The Balaban J connectivity index is 1.91. The van der Waals surface area contributed by atoms with Gasteiger partial charge in [-0.05, 0) is 54.9 Å². The highest BCUT2D eigenvalue weighted by atomic mass is 19.1. The van der Waals surface area contributed by atoms with Crippen LogP contribution in [0.1, 0.15) is 43.9 Å². The zero-order valence-electron chi connectivity index (χ0n) is 12.2. The molecule has 1 aliphatic heterocycles. The summed E-state index contributed by atoms with van der Waals surface area (Å²) in [7, 11) is 0. The van der Waals surface area contributed by atoms with Crippen LogP contribution in [-0.4, -0.2) is 5.97 Å². The van der Waals surface area contributed by atoms with E-state index in [0.717, 1.165) is 18.4 Å². The van der Waals surface area contributed by atoms with E-state index in [-0.39, 0.29) is 23.8 Å². The van der Waals surface area contributed by atoms with Crippen molar-refractivity contribution in [2.24, 2.45) is 23.7 Å². The number of aryl methyl sites for hydroxylation is 1. The Kier molecular flexibility index (Phi) is 3.31. The first-order valence-corrected chi connectivity index (χ1v) is 7.45. The molecule has 1 aromatic carbocycles. The van der Waals surface area contributed by atoms with E-state index in [9.17, 15) is 9.18 Å². The maximum atomic E-state index is 13.4. The van der Waals surface area contributed by atoms with E-state index in [1.54, 1.807) is 13.0 Å². The van der Waals surface area contributed by atoms with Crippen LogP contribution < -0.4 is 0 Å². The number of rotatable bonds is 1. The third kappa shape index (κ3) is 2.04. The van der Waals surface area contributed by atoms with Crippen LogP contribution in [0.5, 0.6) is 0 Å². The minimum absolute atomic E-state index is 0.0581. The number of halogens is 1. The zero-order valence-corrected chi connectivity index (χ0v) is 12.2. The monoisotopic (exact) mass is 276 g/mol. The van der Waals surface area contributed by atoms with Crippen molar-refractivity contribution in [2.45, 2.75) is 39.7 Å². The van der Waals surface area contributed by atoms with Gasteiger partial charge in [-0.25, -0.2) is 4.39 Å². The van der Waals surface area contributed by atoms with Gasteiger partial charge < -0.3 is 4.74 Å². The molecule has 0 bridgehead atoms. The molecule has 3 heteroatoms. The molecule has 108 valence electrons. The topological polar surface area (TPSA) is 26.3 Å². The number of fused-ring (bicyclic) bond motifs is 1. The zero-order chi connectivity index (χ0) is 14.4. The summed E-state index contributed by atoms with van der Waals surface area (Å²) in [6.07, 6.45) is 1.97. The van der Waals surface area contributed by atoms with Crippen molar-refractivity contribution in [1.29, 1.82) is 0 Å². The molecule has 2 aliphatic rings. The molecule has 1 saturated carbocycles. The van der Waals surface area contributed by atoms with Gasteiger partial charge in [0.25, 0.3) is 0 Å². The van der Waals surface area contributed by atoms with Crippen molar-refractivity contribution in [3.63, 3.8) is 0 Å². The van der Waals surface area contributed by atoms with Crippen LogP contribution in [0.3, 0.4) is 0 Å². The fourth-order valence-electron chi connectivity index (χ4n) is 3.99. The second kappa shape index (κ2) is 4.87. The van der Waals surface area contributed by atoms with Crippen molar-refractivity contribution < 1.29 is 13.9 Å². The lowest BCUT2D eigenvalue weighted by atomic mass is 9.75. The van der Waals surface area contributed by atoms with E-state index in [1.165, 1.54) is 6.07 Å². The Hall–Kier alpha value is -1.38. The third-order valence-corrected chi connectivity index (χ3v) is 5.21. The number of esters is 1. The van der Waals surface area contributed by atoms with Crippen molar-refractivity contribution >= 4 is 5.97 Å². The van der Waals surface area contributed by atoms with Crippen LogP contribution >= 0.6 is 0 Å². The molecule has 20 heavy (non-hydrogen) atoms. The van der Waals surface area contributed by atoms with Crippen LogP contribution in [0.4, 0.5) is 4.39 Å². The Morgan fingerprint density at radius 1 is 1.25 bits per heavy atom. The first kappa shape index (κ1) is 13.6. The van der Waals surface area contributed by atoms with Gasteiger partial charge in [0, 0.05) is 5.92 Å². The van der Waals surface area contributed by atoms with Gasteiger partial charge >= 0.3 is 5.97 Å². The molecule has 3 rings (SSSR count). The Bertz CT molecular complexity index is 540. The standard InChI is InChI=1S/C17H21FO2/c1-9-4-6-13-11(3)16(20-17(19)15(9)13)12-5-7-14(18)10(2)8-12/h5,7-9,11,13,15-16H,4,6H2,1-3H3. The molecule has 2 fully saturated rings. The molecule has 5 atom stereocenters. The smallest absolute Gasteiger partial charge is 0.310 e. The quantitative estimate of drug-likeness (QED) is 0.724. The summed E-state index contributed by atoms with van der Waals surface area (Å²) in [5.41, 5.74) is 1.52. The lowest BCUT2D eigenvalue weighted by molar-refractivity contribution is -0.172. The molecule has 0 amide bonds. The molecule has 0 aromatic heterocycles. The summed E-state index contributed by atoms with van der Waals surface area (Å²) in [4.78, 5) is 12.3. The van der Waals surface area contributed by atoms with Crippen LogP contribution in [0.25, 0.3) is 0 Å². The van der Waals surface area contributed by atoms with Crippen LogP contribution in [0.2, 0.25) is 0 Å². The number of cyclic esters (lactones) is 1. The van der Waals surface area contributed by atoms with Gasteiger partial charge in [0.15, 0.2) is 0 Å². The number of hydrogen-bond acceptors (Lipinski definition) is 2. The van der Waals surface area contributed by atoms with Crippen LogP contribution in [0.15, 0.2) is 18.2 Å². The second-order valence-corrected chi connectivity index (χ2v) is 6.47. The Morgan fingerprint density at radius 2 is 2.00 bits per heavy atom. The molecular weight excluding hydrogens is 255 g/mol. The minimum atomic E-state index is -0.228. The lowest BCUT2D eigenvalue weighted by Gasteiger charge is -2.38. The molecule has 0 spiro atoms. The average Bonchev–Trinajstić information content (AvgIpc) is 2.80. The first-order chi connectivity index (χ1) is 9.49. The Morgan fingerprint density at radius 3 is 2.70 bits per heavy atom. The number of carbonyl (C=O) groups is 1. The lowest BCUT2D eigenvalue weighted by Crippen LogP contribution is -2.39. The molecule has 0 radical (unpaired) electrons. The predicted octanol–water partition coefficient (Wildman–Crippen LogP) is 4.03. The SMILES string of the molecule is Cc1cc(C2OC(=O)C3C(C)CCC3C2C)ccc1F.